The molecule has 5 nitrogen and oxygen atoms in total. The summed E-state index contributed by atoms with van der Waals surface area (Å²) in [6.45, 7) is 3.78. The van der Waals surface area contributed by atoms with Crippen molar-refractivity contribution in [2.75, 3.05) is 18.5 Å². The molecule has 1 amide bonds. The van der Waals surface area contributed by atoms with Gasteiger partial charge in [0.15, 0.2) is 6.61 Å². The fraction of sp³-hybridized carbons (Fsp3) is 0.182. The van der Waals surface area contributed by atoms with E-state index in [2.05, 4.69) is 5.32 Å². The van der Waals surface area contributed by atoms with Gasteiger partial charge in [-0.05, 0) is 43.0 Å². The van der Waals surface area contributed by atoms with Crippen LogP contribution < -0.4 is 10.1 Å². The Hall–Kier alpha value is -3.34. The third kappa shape index (κ3) is 4.44. The average Bonchev–Trinajstić information content (AvgIpc) is 2.68. The number of anilines is 1. The van der Waals surface area contributed by atoms with Crippen LogP contribution in [0.15, 0.2) is 60.7 Å². The Morgan fingerprint density at radius 3 is 2.59 bits per heavy atom. The van der Waals surface area contributed by atoms with Gasteiger partial charge in [-0.15, -0.1) is 0 Å². The molecule has 1 N–H and O–H groups in total. The Bertz CT molecular complexity index is 976. The van der Waals surface area contributed by atoms with Crippen LogP contribution in [-0.2, 0) is 9.53 Å². The lowest BCUT2D eigenvalue weighted by Crippen LogP contribution is -2.21. The molecule has 27 heavy (non-hydrogen) atoms. The number of hydrogen-bond acceptors (Lipinski definition) is 4. The van der Waals surface area contributed by atoms with Crippen molar-refractivity contribution in [1.82, 2.24) is 0 Å². The van der Waals surface area contributed by atoms with Gasteiger partial charge in [0.1, 0.15) is 5.75 Å². The minimum atomic E-state index is -0.417. The number of fused-ring (bicyclic) bond motifs is 1. The van der Waals surface area contributed by atoms with Crippen molar-refractivity contribution >= 4 is 28.3 Å². The molecular weight excluding hydrogens is 342 g/mol. The Labute approximate surface area is 157 Å². The summed E-state index contributed by atoms with van der Waals surface area (Å²) in [5.41, 5.74) is 1.81. The van der Waals surface area contributed by atoms with E-state index in [1.807, 2.05) is 49.4 Å². The van der Waals surface area contributed by atoms with Crippen LogP contribution in [0.2, 0.25) is 0 Å². The van der Waals surface area contributed by atoms with E-state index in [1.165, 1.54) is 0 Å². The summed E-state index contributed by atoms with van der Waals surface area (Å²) in [5, 5.41) is 4.80. The maximum absolute atomic E-state index is 12.3. The molecule has 3 aromatic carbocycles. The highest BCUT2D eigenvalue weighted by atomic mass is 16.5. The zero-order chi connectivity index (χ0) is 19.2. The molecule has 0 aromatic heterocycles. The van der Waals surface area contributed by atoms with Gasteiger partial charge < -0.3 is 14.8 Å². The van der Waals surface area contributed by atoms with Gasteiger partial charge in [-0.25, -0.2) is 4.79 Å². The van der Waals surface area contributed by atoms with Crippen molar-refractivity contribution in [2.24, 2.45) is 0 Å². The van der Waals surface area contributed by atoms with E-state index >= 15 is 0 Å². The number of nitrogens with one attached hydrogen (secondary N) is 1. The summed E-state index contributed by atoms with van der Waals surface area (Å²) in [4.78, 5) is 24.2. The number of carbonyl (C=O) groups excluding carboxylic acids is 2. The first-order chi connectivity index (χ1) is 13.1. The van der Waals surface area contributed by atoms with E-state index in [1.54, 1.807) is 25.1 Å². The lowest BCUT2D eigenvalue weighted by molar-refractivity contribution is -0.118. The van der Waals surface area contributed by atoms with E-state index < -0.39 is 5.97 Å². The van der Waals surface area contributed by atoms with Gasteiger partial charge in [-0.3, -0.25) is 4.79 Å². The molecule has 0 aliphatic heterocycles. The molecule has 0 aliphatic carbocycles. The van der Waals surface area contributed by atoms with Gasteiger partial charge in [0.05, 0.1) is 12.2 Å². The predicted molar refractivity (Wildman–Crippen MR) is 105 cm³/mol. The molecule has 5 heteroatoms. The van der Waals surface area contributed by atoms with Gasteiger partial charge in [0.25, 0.3) is 5.91 Å². The van der Waals surface area contributed by atoms with Crippen LogP contribution in [0.4, 0.5) is 5.69 Å². The molecule has 0 bridgehead atoms. The first-order valence-electron chi connectivity index (χ1n) is 8.76. The number of esters is 1. The van der Waals surface area contributed by atoms with Crippen LogP contribution in [-0.4, -0.2) is 25.1 Å². The molecule has 0 radical (unpaired) electrons. The molecule has 3 aromatic rings. The van der Waals surface area contributed by atoms with Gasteiger partial charge in [-0.1, -0.05) is 42.5 Å². The highest BCUT2D eigenvalue weighted by molar-refractivity contribution is 5.96. The Balaban J connectivity index is 1.69. The minimum absolute atomic E-state index is 0.128. The highest BCUT2D eigenvalue weighted by Crippen LogP contribution is 2.25. The first kappa shape index (κ1) is 18.5. The molecule has 0 aliphatic rings. The Morgan fingerprint density at radius 1 is 1.00 bits per heavy atom. The highest BCUT2D eigenvalue weighted by Gasteiger charge is 2.12. The number of rotatable bonds is 6. The lowest BCUT2D eigenvalue weighted by atomic mass is 10.1. The second kappa shape index (κ2) is 8.36. The van der Waals surface area contributed by atoms with Gasteiger partial charge >= 0.3 is 5.97 Å². The zero-order valence-electron chi connectivity index (χ0n) is 15.3. The topological polar surface area (TPSA) is 64.6 Å². The third-order valence-electron chi connectivity index (χ3n) is 4.13. The monoisotopic (exact) mass is 363 g/mol. The lowest BCUT2D eigenvalue weighted by Gasteiger charge is -2.12. The quantitative estimate of drug-likeness (QED) is 0.662. The Morgan fingerprint density at radius 2 is 1.78 bits per heavy atom. The maximum atomic E-state index is 12.3. The zero-order valence-corrected chi connectivity index (χ0v) is 15.3. The van der Waals surface area contributed by atoms with Crippen molar-refractivity contribution in [2.45, 2.75) is 13.8 Å². The van der Waals surface area contributed by atoms with Crippen LogP contribution in [0.1, 0.15) is 22.8 Å². The molecule has 0 unspecified atom stereocenters. The summed E-state index contributed by atoms with van der Waals surface area (Å²) in [5.74, 6) is -0.0627. The molecular formula is C22H21NO4. The number of ether oxygens (including phenoxy) is 2. The number of benzene rings is 3. The first-order valence-corrected chi connectivity index (χ1v) is 8.76. The van der Waals surface area contributed by atoms with Crippen LogP contribution in [0.5, 0.6) is 5.75 Å². The molecule has 0 spiro atoms. The SMILES string of the molecule is CCOC(=O)c1ccc(C)c(NC(=O)COc2cccc3ccccc23)c1. The maximum Gasteiger partial charge on any atom is 0.338 e. The number of aryl methyl sites for hydroxylation is 1. The normalized spacial score (nSPS) is 10.4. The van der Waals surface area contributed by atoms with E-state index in [9.17, 15) is 9.59 Å². The van der Waals surface area contributed by atoms with Gasteiger partial charge in [0, 0.05) is 11.1 Å². The third-order valence-corrected chi connectivity index (χ3v) is 4.13. The summed E-state index contributed by atoms with van der Waals surface area (Å²) in [7, 11) is 0. The molecule has 0 heterocycles. The fourth-order valence-corrected chi connectivity index (χ4v) is 2.75. The fourth-order valence-electron chi connectivity index (χ4n) is 2.75. The van der Waals surface area contributed by atoms with E-state index in [-0.39, 0.29) is 12.5 Å². The van der Waals surface area contributed by atoms with E-state index in [4.69, 9.17) is 9.47 Å². The van der Waals surface area contributed by atoms with Crippen molar-refractivity contribution in [3.8, 4) is 5.75 Å². The van der Waals surface area contributed by atoms with Crippen molar-refractivity contribution in [1.29, 1.82) is 0 Å². The molecule has 3 rings (SSSR count). The van der Waals surface area contributed by atoms with Crippen LogP contribution in [0.3, 0.4) is 0 Å². The second-order valence-electron chi connectivity index (χ2n) is 6.06. The number of hydrogen-bond donors (Lipinski definition) is 1. The van der Waals surface area contributed by atoms with Gasteiger partial charge in [0.2, 0.25) is 0 Å². The number of carbonyl (C=O) groups is 2. The molecule has 138 valence electrons. The summed E-state index contributed by atoms with van der Waals surface area (Å²) in [6.07, 6.45) is 0. The minimum Gasteiger partial charge on any atom is -0.483 e. The molecule has 0 saturated carbocycles. The summed E-state index contributed by atoms with van der Waals surface area (Å²) in [6, 6.07) is 18.6. The van der Waals surface area contributed by atoms with Crippen LogP contribution in [0.25, 0.3) is 10.8 Å². The van der Waals surface area contributed by atoms with E-state index in [0.717, 1.165) is 16.3 Å². The predicted octanol–water partition coefficient (Wildman–Crippen LogP) is 4.34. The van der Waals surface area contributed by atoms with E-state index in [0.29, 0.717) is 23.6 Å². The van der Waals surface area contributed by atoms with Crippen molar-refractivity contribution in [3.05, 3.63) is 71.8 Å². The number of amides is 1. The largest absolute Gasteiger partial charge is 0.483 e. The van der Waals surface area contributed by atoms with Crippen LogP contribution in [0, 0.1) is 6.92 Å². The molecule has 0 fully saturated rings. The van der Waals surface area contributed by atoms with Crippen molar-refractivity contribution < 1.29 is 19.1 Å². The second-order valence-corrected chi connectivity index (χ2v) is 6.06. The standard InChI is InChI=1S/C22H21NO4/c1-3-26-22(25)17-12-11-15(2)19(13-17)23-21(24)14-27-20-10-6-8-16-7-4-5-9-18(16)20/h4-13H,3,14H2,1-2H3,(H,23,24). The summed E-state index contributed by atoms with van der Waals surface area (Å²) < 4.78 is 10.7. The molecule has 0 saturated heterocycles. The molecule has 0 atom stereocenters. The Kier molecular flexibility index (Phi) is 5.71. The van der Waals surface area contributed by atoms with Crippen molar-refractivity contribution in [3.63, 3.8) is 0 Å². The smallest absolute Gasteiger partial charge is 0.338 e. The summed E-state index contributed by atoms with van der Waals surface area (Å²) >= 11 is 0. The van der Waals surface area contributed by atoms with Crippen LogP contribution >= 0.6 is 0 Å². The van der Waals surface area contributed by atoms with Gasteiger partial charge in [-0.2, -0.15) is 0 Å². The average molecular weight is 363 g/mol.